The van der Waals surface area contributed by atoms with Crippen LogP contribution >= 0.6 is 0 Å². The molecular formula is C24H28N2O4. The molecule has 1 amide bonds. The van der Waals surface area contributed by atoms with Gasteiger partial charge in [-0.15, -0.1) is 0 Å². The monoisotopic (exact) mass is 408 g/mol. The average Bonchev–Trinajstić information content (AvgIpc) is 3.39. The van der Waals surface area contributed by atoms with Crippen molar-refractivity contribution in [3.63, 3.8) is 0 Å². The summed E-state index contributed by atoms with van der Waals surface area (Å²) >= 11 is 0. The Morgan fingerprint density at radius 3 is 2.57 bits per heavy atom. The van der Waals surface area contributed by atoms with Crippen LogP contribution in [0.5, 0.6) is 0 Å². The minimum atomic E-state index is -0.552. The molecule has 1 atom stereocenters. The van der Waals surface area contributed by atoms with E-state index in [4.69, 9.17) is 4.74 Å². The number of aromatic nitrogens is 1. The van der Waals surface area contributed by atoms with Crippen molar-refractivity contribution in [2.24, 2.45) is 5.92 Å². The average molecular weight is 408 g/mol. The first kappa shape index (κ1) is 20.4. The quantitative estimate of drug-likeness (QED) is 0.538. The van der Waals surface area contributed by atoms with E-state index in [0.717, 1.165) is 41.0 Å². The number of aryl methyl sites for hydroxylation is 2. The minimum absolute atomic E-state index is 0.0926. The van der Waals surface area contributed by atoms with Crippen molar-refractivity contribution >= 4 is 23.3 Å². The summed E-state index contributed by atoms with van der Waals surface area (Å²) in [4.78, 5) is 39.4. The molecule has 2 aliphatic rings. The van der Waals surface area contributed by atoms with E-state index in [-0.39, 0.29) is 31.3 Å². The van der Waals surface area contributed by atoms with Gasteiger partial charge in [-0.3, -0.25) is 14.4 Å². The molecule has 1 saturated heterocycles. The Morgan fingerprint density at radius 1 is 1.13 bits per heavy atom. The van der Waals surface area contributed by atoms with E-state index in [1.165, 1.54) is 0 Å². The summed E-state index contributed by atoms with van der Waals surface area (Å²) in [6.45, 7) is 7.91. The number of rotatable bonds is 6. The molecule has 2 aromatic rings. The standard InChI is InChI=1S/C24H28N2O4/c1-14-6-5-7-21(16(14)3)25-12-18(11-23(25)28)24(29)30-13-22(27)20-10-15(2)26(17(20)4)19-8-9-19/h5-7,10,18-19H,8-9,11-13H2,1-4H3/t18-/m1/s1. The van der Waals surface area contributed by atoms with Crippen LogP contribution in [-0.4, -0.2) is 35.4 Å². The summed E-state index contributed by atoms with van der Waals surface area (Å²) in [5, 5.41) is 0. The normalized spacial score (nSPS) is 18.7. The maximum Gasteiger partial charge on any atom is 0.311 e. The first-order valence-electron chi connectivity index (χ1n) is 10.5. The van der Waals surface area contributed by atoms with Crippen LogP contribution in [0.1, 0.15) is 58.2 Å². The van der Waals surface area contributed by atoms with Gasteiger partial charge in [0, 0.05) is 41.6 Å². The molecule has 0 spiro atoms. The third kappa shape index (κ3) is 3.66. The van der Waals surface area contributed by atoms with E-state index in [2.05, 4.69) is 4.57 Å². The van der Waals surface area contributed by atoms with Crippen molar-refractivity contribution in [3.8, 4) is 0 Å². The minimum Gasteiger partial charge on any atom is -0.457 e. The van der Waals surface area contributed by atoms with Gasteiger partial charge in [0.1, 0.15) is 0 Å². The smallest absolute Gasteiger partial charge is 0.311 e. The fourth-order valence-corrected chi connectivity index (χ4v) is 4.41. The topological polar surface area (TPSA) is 68.6 Å². The number of benzene rings is 1. The summed E-state index contributed by atoms with van der Waals surface area (Å²) in [6.07, 6.45) is 2.40. The Morgan fingerprint density at radius 2 is 1.87 bits per heavy atom. The molecule has 6 heteroatoms. The summed E-state index contributed by atoms with van der Waals surface area (Å²) in [6, 6.07) is 8.18. The van der Waals surface area contributed by atoms with Gasteiger partial charge in [-0.05, 0) is 63.8 Å². The number of anilines is 1. The lowest BCUT2D eigenvalue weighted by Crippen LogP contribution is -2.28. The van der Waals surface area contributed by atoms with Crippen LogP contribution in [0, 0.1) is 33.6 Å². The van der Waals surface area contributed by atoms with Crippen molar-refractivity contribution in [2.45, 2.75) is 53.0 Å². The highest BCUT2D eigenvalue weighted by atomic mass is 16.5. The molecule has 1 saturated carbocycles. The van der Waals surface area contributed by atoms with Crippen molar-refractivity contribution in [2.75, 3.05) is 18.1 Å². The zero-order chi connectivity index (χ0) is 21.6. The number of ketones is 1. The molecule has 30 heavy (non-hydrogen) atoms. The second kappa shape index (κ2) is 7.74. The second-order valence-corrected chi connectivity index (χ2v) is 8.54. The van der Waals surface area contributed by atoms with Crippen LogP contribution < -0.4 is 4.90 Å². The molecule has 0 bridgehead atoms. The van der Waals surface area contributed by atoms with Gasteiger partial charge in [-0.1, -0.05) is 12.1 Å². The Kier molecular flexibility index (Phi) is 5.26. The molecule has 0 unspecified atom stereocenters. The number of esters is 1. The number of hydrogen-bond donors (Lipinski definition) is 0. The number of Topliss-reactive ketones (excluding diaryl/α,β-unsaturated/α-hetero) is 1. The first-order chi connectivity index (χ1) is 14.3. The van der Waals surface area contributed by atoms with Gasteiger partial charge in [0.25, 0.3) is 0 Å². The zero-order valence-electron chi connectivity index (χ0n) is 18.0. The fraction of sp³-hybridized carbons (Fsp3) is 0.458. The van der Waals surface area contributed by atoms with Gasteiger partial charge in [-0.25, -0.2) is 0 Å². The van der Waals surface area contributed by atoms with Crippen LogP contribution in [-0.2, 0) is 14.3 Å². The van der Waals surface area contributed by atoms with Crippen LogP contribution in [0.3, 0.4) is 0 Å². The predicted molar refractivity (Wildman–Crippen MR) is 114 cm³/mol. The lowest BCUT2D eigenvalue weighted by atomic mass is 10.1. The summed E-state index contributed by atoms with van der Waals surface area (Å²) in [5.41, 5.74) is 5.58. The Bertz CT molecular complexity index is 1030. The van der Waals surface area contributed by atoms with Crippen molar-refractivity contribution < 1.29 is 19.1 Å². The van der Waals surface area contributed by atoms with Gasteiger partial charge in [-0.2, -0.15) is 0 Å². The van der Waals surface area contributed by atoms with Gasteiger partial charge < -0.3 is 14.2 Å². The highest BCUT2D eigenvalue weighted by Crippen LogP contribution is 2.38. The van der Waals surface area contributed by atoms with E-state index in [1.807, 2.05) is 52.0 Å². The van der Waals surface area contributed by atoms with Crippen LogP contribution in [0.4, 0.5) is 5.69 Å². The first-order valence-corrected chi connectivity index (χ1v) is 10.5. The number of nitrogens with zero attached hydrogens (tertiary/aromatic N) is 2. The van der Waals surface area contributed by atoms with Crippen molar-refractivity contribution in [3.05, 3.63) is 52.3 Å². The van der Waals surface area contributed by atoms with E-state index in [1.54, 1.807) is 4.90 Å². The molecule has 1 aliphatic heterocycles. The summed E-state index contributed by atoms with van der Waals surface area (Å²) < 4.78 is 7.53. The van der Waals surface area contributed by atoms with E-state index >= 15 is 0 Å². The number of hydrogen-bond acceptors (Lipinski definition) is 4. The summed E-state index contributed by atoms with van der Waals surface area (Å²) in [5.74, 6) is -1.33. The van der Waals surface area contributed by atoms with E-state index in [9.17, 15) is 14.4 Å². The Labute approximate surface area is 176 Å². The maximum absolute atomic E-state index is 12.7. The van der Waals surface area contributed by atoms with E-state index < -0.39 is 11.9 Å². The van der Waals surface area contributed by atoms with Gasteiger partial charge in [0.15, 0.2) is 6.61 Å². The van der Waals surface area contributed by atoms with Crippen molar-refractivity contribution in [1.82, 2.24) is 4.57 Å². The molecule has 158 valence electrons. The highest BCUT2D eigenvalue weighted by Gasteiger charge is 2.37. The third-order valence-corrected chi connectivity index (χ3v) is 6.37. The zero-order valence-corrected chi connectivity index (χ0v) is 18.0. The number of carbonyl (C=O) groups excluding carboxylic acids is 3. The van der Waals surface area contributed by atoms with E-state index in [0.29, 0.717) is 11.6 Å². The highest BCUT2D eigenvalue weighted by molar-refractivity contribution is 6.01. The Balaban J connectivity index is 1.39. The molecule has 1 aromatic carbocycles. The molecule has 1 aliphatic carbocycles. The number of amides is 1. The van der Waals surface area contributed by atoms with Crippen LogP contribution in [0.15, 0.2) is 24.3 Å². The molecule has 0 radical (unpaired) electrons. The molecule has 0 N–H and O–H groups in total. The lowest BCUT2D eigenvalue weighted by Gasteiger charge is -2.20. The van der Waals surface area contributed by atoms with Crippen LogP contribution in [0.2, 0.25) is 0 Å². The second-order valence-electron chi connectivity index (χ2n) is 8.54. The molecule has 2 fully saturated rings. The maximum atomic E-state index is 12.7. The van der Waals surface area contributed by atoms with Crippen molar-refractivity contribution in [1.29, 1.82) is 0 Å². The molecule has 1 aromatic heterocycles. The SMILES string of the molecule is Cc1cccc(N2C[C@H](C(=O)OCC(=O)c3cc(C)n(C4CC4)c3C)CC2=O)c1C. The molecule has 6 nitrogen and oxygen atoms in total. The number of ether oxygens (including phenoxy) is 1. The molecular weight excluding hydrogens is 380 g/mol. The lowest BCUT2D eigenvalue weighted by molar-refractivity contribution is -0.147. The van der Waals surface area contributed by atoms with Gasteiger partial charge >= 0.3 is 5.97 Å². The fourth-order valence-electron chi connectivity index (χ4n) is 4.41. The van der Waals surface area contributed by atoms with Crippen LogP contribution in [0.25, 0.3) is 0 Å². The predicted octanol–water partition coefficient (Wildman–Crippen LogP) is 3.84. The molecule has 4 rings (SSSR count). The third-order valence-electron chi connectivity index (χ3n) is 6.37. The summed E-state index contributed by atoms with van der Waals surface area (Å²) in [7, 11) is 0. The molecule has 2 heterocycles. The largest absolute Gasteiger partial charge is 0.457 e. The van der Waals surface area contributed by atoms with Gasteiger partial charge in [0.2, 0.25) is 11.7 Å². The Hall–Kier alpha value is -2.89. The van der Waals surface area contributed by atoms with Gasteiger partial charge in [0.05, 0.1) is 5.92 Å². The number of carbonyl (C=O) groups is 3.